The summed E-state index contributed by atoms with van der Waals surface area (Å²) in [5.41, 5.74) is 1.94. The summed E-state index contributed by atoms with van der Waals surface area (Å²) in [6.07, 6.45) is 0.756. The van der Waals surface area contributed by atoms with Crippen LogP contribution in [0.25, 0.3) is 0 Å². The number of hydrogen-bond donors (Lipinski definition) is 0. The highest BCUT2D eigenvalue weighted by Gasteiger charge is 2.42. The summed E-state index contributed by atoms with van der Waals surface area (Å²) in [5, 5.41) is 3.94. The first kappa shape index (κ1) is 8.38. The van der Waals surface area contributed by atoms with E-state index in [1.807, 2.05) is 0 Å². The Kier molecular flexibility index (Phi) is 1.53. The van der Waals surface area contributed by atoms with E-state index in [9.17, 15) is 8.78 Å². The topological polar surface area (TPSA) is 17.8 Å². The smallest absolute Gasteiger partial charge is 0.272 e. The van der Waals surface area contributed by atoms with Crippen molar-refractivity contribution in [2.45, 2.75) is 31.6 Å². The lowest BCUT2D eigenvalue weighted by Gasteiger charge is -2.41. The summed E-state index contributed by atoms with van der Waals surface area (Å²) in [7, 11) is 1.78. The van der Waals surface area contributed by atoms with E-state index in [4.69, 9.17) is 0 Å². The number of hydrogen-bond acceptors (Lipinski definition) is 1. The van der Waals surface area contributed by atoms with E-state index in [1.165, 1.54) is 12.8 Å². The van der Waals surface area contributed by atoms with Crippen LogP contribution in [0.15, 0.2) is 0 Å². The summed E-state index contributed by atoms with van der Waals surface area (Å²) in [6, 6.07) is 0. The minimum atomic E-state index is -2.41. The van der Waals surface area contributed by atoms with Crippen LogP contribution in [0.3, 0.4) is 0 Å². The summed E-state index contributed by atoms with van der Waals surface area (Å²) in [6.45, 7) is 0. The van der Waals surface area contributed by atoms with Crippen LogP contribution in [0, 0.1) is 5.92 Å². The van der Waals surface area contributed by atoms with Crippen molar-refractivity contribution in [3.05, 3.63) is 17.0 Å². The molecule has 3 aliphatic rings. The maximum atomic E-state index is 12.6. The number of nitrogens with zero attached hydrogens (tertiary/aromatic N) is 2. The van der Waals surface area contributed by atoms with E-state index >= 15 is 0 Å². The molecule has 1 saturated carbocycles. The molecule has 4 rings (SSSR count). The van der Waals surface area contributed by atoms with E-state index in [-0.39, 0.29) is 5.69 Å². The molecule has 0 aliphatic heterocycles. The Morgan fingerprint density at radius 1 is 1.43 bits per heavy atom. The summed E-state index contributed by atoms with van der Waals surface area (Å²) >= 11 is 0. The molecule has 0 unspecified atom stereocenters. The zero-order valence-electron chi connectivity index (χ0n) is 8.00. The third-order valence-corrected chi connectivity index (χ3v) is 3.55. The molecule has 1 fully saturated rings. The van der Waals surface area contributed by atoms with Gasteiger partial charge in [0.15, 0.2) is 0 Å². The highest BCUT2D eigenvalue weighted by Crippen LogP contribution is 2.51. The quantitative estimate of drug-likeness (QED) is 0.677. The molecule has 1 aromatic heterocycles. The van der Waals surface area contributed by atoms with Crippen LogP contribution < -0.4 is 0 Å². The van der Waals surface area contributed by atoms with Crippen LogP contribution in [-0.2, 0) is 13.5 Å². The average molecular weight is 198 g/mol. The van der Waals surface area contributed by atoms with Gasteiger partial charge in [-0.3, -0.25) is 4.68 Å². The van der Waals surface area contributed by atoms with E-state index in [1.54, 1.807) is 11.7 Å². The number of halogens is 2. The number of aryl methyl sites for hydroxylation is 1. The third kappa shape index (κ3) is 0.913. The van der Waals surface area contributed by atoms with Crippen molar-refractivity contribution in [1.29, 1.82) is 0 Å². The molecule has 0 N–H and O–H groups in total. The van der Waals surface area contributed by atoms with Gasteiger partial charge in [-0.1, -0.05) is 0 Å². The van der Waals surface area contributed by atoms with Gasteiger partial charge in [-0.25, -0.2) is 8.78 Å². The van der Waals surface area contributed by atoms with Crippen molar-refractivity contribution >= 4 is 0 Å². The van der Waals surface area contributed by atoms with E-state index < -0.39 is 6.43 Å². The van der Waals surface area contributed by atoms with Gasteiger partial charge >= 0.3 is 0 Å². The van der Waals surface area contributed by atoms with Crippen LogP contribution in [0.4, 0.5) is 8.78 Å². The lowest BCUT2D eigenvalue weighted by atomic mass is 9.64. The second-order valence-corrected chi connectivity index (χ2v) is 4.41. The molecule has 2 nitrogen and oxygen atoms in total. The van der Waals surface area contributed by atoms with Gasteiger partial charge in [0.05, 0.1) is 0 Å². The second-order valence-electron chi connectivity index (χ2n) is 4.41. The first-order chi connectivity index (χ1) is 6.66. The molecule has 0 atom stereocenters. The van der Waals surface area contributed by atoms with Gasteiger partial charge in [-0.05, 0) is 25.2 Å². The van der Waals surface area contributed by atoms with Crippen molar-refractivity contribution in [1.82, 2.24) is 9.78 Å². The van der Waals surface area contributed by atoms with Crippen molar-refractivity contribution in [3.63, 3.8) is 0 Å². The van der Waals surface area contributed by atoms with Crippen molar-refractivity contribution < 1.29 is 8.78 Å². The molecular formula is C10H12F2N2. The molecule has 76 valence electrons. The largest absolute Gasteiger partial charge is 0.282 e. The molecular weight excluding hydrogens is 186 g/mol. The average Bonchev–Trinajstić information content (AvgIpc) is 2.43. The molecule has 0 spiro atoms. The Labute approximate surface area is 80.9 Å². The van der Waals surface area contributed by atoms with Crippen LogP contribution in [0.2, 0.25) is 0 Å². The molecule has 4 heteroatoms. The standard InChI is InChI=1S/C10H12F2N2/c1-14-9-6-2-5(3-6)4-7(9)8(13-14)10(11)12/h5-6,10H,2-4H2,1H3. The second kappa shape index (κ2) is 2.55. The Morgan fingerprint density at radius 2 is 2.14 bits per heavy atom. The molecule has 0 aromatic carbocycles. The SMILES string of the molecule is Cn1nc(C(F)F)c2c1C1CC(C2)C1. The monoisotopic (exact) mass is 198 g/mol. The highest BCUT2D eigenvalue weighted by atomic mass is 19.3. The Balaban J connectivity index is 2.14. The molecule has 1 heterocycles. The van der Waals surface area contributed by atoms with Crippen molar-refractivity contribution in [2.24, 2.45) is 13.0 Å². The fourth-order valence-electron chi connectivity index (χ4n) is 2.91. The number of rotatable bonds is 1. The maximum absolute atomic E-state index is 12.6. The molecule has 0 radical (unpaired) electrons. The molecule has 1 aromatic rings. The summed E-state index contributed by atoms with van der Waals surface area (Å²) in [4.78, 5) is 0. The van der Waals surface area contributed by atoms with Gasteiger partial charge < -0.3 is 0 Å². The molecule has 0 amide bonds. The first-order valence-electron chi connectivity index (χ1n) is 5.00. The Bertz CT molecular complexity index is 378. The maximum Gasteiger partial charge on any atom is 0.282 e. The summed E-state index contributed by atoms with van der Waals surface area (Å²) in [5.74, 6) is 1.16. The van der Waals surface area contributed by atoms with Crippen LogP contribution in [0.5, 0.6) is 0 Å². The van der Waals surface area contributed by atoms with Crippen molar-refractivity contribution in [2.75, 3.05) is 0 Å². The minimum absolute atomic E-state index is 0.0249. The molecule has 0 saturated heterocycles. The van der Waals surface area contributed by atoms with Gasteiger partial charge in [0.25, 0.3) is 6.43 Å². The first-order valence-corrected chi connectivity index (χ1v) is 5.00. The van der Waals surface area contributed by atoms with E-state index in [2.05, 4.69) is 5.10 Å². The van der Waals surface area contributed by atoms with E-state index in [0.717, 1.165) is 17.7 Å². The molecule has 3 aliphatic carbocycles. The zero-order valence-corrected chi connectivity index (χ0v) is 8.00. The normalized spacial score (nSPS) is 28.9. The molecule has 14 heavy (non-hydrogen) atoms. The van der Waals surface area contributed by atoms with Crippen LogP contribution >= 0.6 is 0 Å². The highest BCUT2D eigenvalue weighted by molar-refractivity contribution is 5.36. The molecule has 2 bridgehead atoms. The van der Waals surface area contributed by atoms with Gasteiger partial charge in [-0.15, -0.1) is 0 Å². The fraction of sp³-hybridized carbons (Fsp3) is 0.700. The summed E-state index contributed by atoms with van der Waals surface area (Å²) < 4.78 is 26.9. The lowest BCUT2D eigenvalue weighted by molar-refractivity contribution is 0.142. The van der Waals surface area contributed by atoms with Crippen LogP contribution in [0.1, 0.15) is 42.1 Å². The van der Waals surface area contributed by atoms with Gasteiger partial charge in [0.2, 0.25) is 0 Å². The van der Waals surface area contributed by atoms with Crippen LogP contribution in [-0.4, -0.2) is 9.78 Å². The fourth-order valence-corrected chi connectivity index (χ4v) is 2.91. The zero-order chi connectivity index (χ0) is 9.87. The third-order valence-electron chi connectivity index (χ3n) is 3.55. The predicted octanol–water partition coefficient (Wildman–Crippen LogP) is 2.41. The Morgan fingerprint density at radius 3 is 2.79 bits per heavy atom. The van der Waals surface area contributed by atoms with Gasteiger partial charge in [0, 0.05) is 24.2 Å². The van der Waals surface area contributed by atoms with E-state index in [0.29, 0.717) is 11.8 Å². The number of aromatic nitrogens is 2. The Hall–Kier alpha value is -0.930. The number of alkyl halides is 2. The lowest BCUT2D eigenvalue weighted by Crippen LogP contribution is -2.31. The van der Waals surface area contributed by atoms with Gasteiger partial charge in [0.1, 0.15) is 5.69 Å². The predicted molar refractivity (Wildman–Crippen MR) is 47.3 cm³/mol. The van der Waals surface area contributed by atoms with Gasteiger partial charge in [-0.2, -0.15) is 5.10 Å². The minimum Gasteiger partial charge on any atom is -0.272 e. The van der Waals surface area contributed by atoms with Crippen molar-refractivity contribution in [3.8, 4) is 0 Å².